The first-order valence-corrected chi connectivity index (χ1v) is 15.5. The summed E-state index contributed by atoms with van der Waals surface area (Å²) in [5, 5.41) is 11.4. The van der Waals surface area contributed by atoms with E-state index in [4.69, 9.17) is 5.11 Å². The van der Waals surface area contributed by atoms with E-state index in [1.165, 1.54) is 87.1 Å². The van der Waals surface area contributed by atoms with Crippen LogP contribution in [0.3, 0.4) is 0 Å². The molecule has 0 bridgehead atoms. The third-order valence-corrected chi connectivity index (χ3v) is 8.87. The highest BCUT2D eigenvalue weighted by atomic mass is 16.4. The summed E-state index contributed by atoms with van der Waals surface area (Å²) in [6.07, 6.45) is 12.2. The maximum Gasteiger partial charge on any atom is 0.305 e. The number of carbonyl (C=O) groups is 4. The average Bonchev–Trinajstić information content (AvgIpc) is 3.59. The number of allylic oxidation sites excluding steroid dienone is 2. The number of nitrogens with one attached hydrogen (secondary N) is 1. The van der Waals surface area contributed by atoms with Crippen molar-refractivity contribution in [2.24, 2.45) is 0 Å². The standard InChI is InChI=1S/C37H39NO5/c39-34(30-16-12-28(13-17-30)26-8-4-5-9-26)24-33(29-14-10-27(11-15-29)25-6-2-1-3-7-25)36(42)31-18-20-32(21-19-31)37(43)38-23-22-35(40)41/h10-21,24-26H,1-9,22-23H2,(H,38,43)(H,40,41)/b33-24+. The first-order chi connectivity index (χ1) is 20.9. The third-order valence-electron chi connectivity index (χ3n) is 8.87. The minimum absolute atomic E-state index is 0.0162. The molecule has 2 aliphatic rings. The van der Waals surface area contributed by atoms with Crippen LogP contribution in [-0.2, 0) is 4.79 Å². The van der Waals surface area contributed by atoms with Crippen molar-refractivity contribution in [3.63, 3.8) is 0 Å². The fraction of sp³-hybridized carbons (Fsp3) is 0.351. The lowest BCUT2D eigenvalue weighted by atomic mass is 9.83. The molecular weight excluding hydrogens is 538 g/mol. The fourth-order valence-electron chi connectivity index (χ4n) is 6.36. The molecule has 2 aliphatic carbocycles. The van der Waals surface area contributed by atoms with Gasteiger partial charge in [-0.1, -0.05) is 92.8 Å². The van der Waals surface area contributed by atoms with Gasteiger partial charge in [0.05, 0.1) is 6.42 Å². The van der Waals surface area contributed by atoms with Gasteiger partial charge in [-0.3, -0.25) is 19.2 Å². The van der Waals surface area contributed by atoms with Gasteiger partial charge in [0.2, 0.25) is 0 Å². The molecule has 0 spiro atoms. The number of carbonyl (C=O) groups excluding carboxylic acids is 3. The van der Waals surface area contributed by atoms with Crippen molar-refractivity contribution in [3.05, 3.63) is 112 Å². The van der Waals surface area contributed by atoms with Crippen molar-refractivity contribution in [2.75, 3.05) is 6.54 Å². The smallest absolute Gasteiger partial charge is 0.305 e. The van der Waals surface area contributed by atoms with Gasteiger partial charge in [-0.05, 0) is 72.4 Å². The molecule has 0 radical (unpaired) electrons. The van der Waals surface area contributed by atoms with E-state index in [9.17, 15) is 19.2 Å². The Bertz CT molecular complexity index is 1470. The minimum atomic E-state index is -0.994. The molecule has 0 unspecified atom stereocenters. The van der Waals surface area contributed by atoms with E-state index in [2.05, 4.69) is 17.4 Å². The molecule has 3 aromatic carbocycles. The highest BCUT2D eigenvalue weighted by Crippen LogP contribution is 2.35. The van der Waals surface area contributed by atoms with E-state index in [-0.39, 0.29) is 24.5 Å². The highest BCUT2D eigenvalue weighted by Gasteiger charge is 2.21. The summed E-state index contributed by atoms with van der Waals surface area (Å²) in [7, 11) is 0. The summed E-state index contributed by atoms with van der Waals surface area (Å²) in [6.45, 7) is 0.0162. The Kier molecular flexibility index (Phi) is 9.98. The van der Waals surface area contributed by atoms with E-state index in [0.717, 1.165) is 0 Å². The summed E-state index contributed by atoms with van der Waals surface area (Å²) in [5.74, 6) is -0.856. The lowest BCUT2D eigenvalue weighted by molar-refractivity contribution is -0.136. The van der Waals surface area contributed by atoms with Gasteiger partial charge >= 0.3 is 5.97 Å². The maximum absolute atomic E-state index is 13.9. The third kappa shape index (κ3) is 7.75. The van der Waals surface area contributed by atoms with E-state index in [1.54, 1.807) is 12.1 Å². The van der Waals surface area contributed by atoms with Gasteiger partial charge in [0.15, 0.2) is 11.6 Å². The normalized spacial score (nSPS) is 16.1. The molecular formula is C37H39NO5. The van der Waals surface area contributed by atoms with Crippen molar-refractivity contribution in [2.45, 2.75) is 76.0 Å². The number of amides is 1. The minimum Gasteiger partial charge on any atom is -0.481 e. The Morgan fingerprint density at radius 1 is 0.628 bits per heavy atom. The Labute approximate surface area is 253 Å². The number of ketones is 2. The van der Waals surface area contributed by atoms with Gasteiger partial charge in [0, 0.05) is 28.8 Å². The molecule has 6 nitrogen and oxygen atoms in total. The van der Waals surface area contributed by atoms with E-state index < -0.39 is 11.9 Å². The number of carboxylic acids is 1. The van der Waals surface area contributed by atoms with Crippen LogP contribution < -0.4 is 5.32 Å². The van der Waals surface area contributed by atoms with Crippen LogP contribution >= 0.6 is 0 Å². The fourth-order valence-corrected chi connectivity index (χ4v) is 6.36. The molecule has 0 aliphatic heterocycles. The van der Waals surface area contributed by atoms with Gasteiger partial charge < -0.3 is 10.4 Å². The molecule has 2 fully saturated rings. The molecule has 222 valence electrons. The summed E-state index contributed by atoms with van der Waals surface area (Å²) in [5.41, 5.74) is 4.73. The molecule has 1 amide bonds. The van der Waals surface area contributed by atoms with Crippen molar-refractivity contribution >= 4 is 29.0 Å². The van der Waals surface area contributed by atoms with E-state index in [0.29, 0.717) is 39.7 Å². The van der Waals surface area contributed by atoms with Gasteiger partial charge in [0.1, 0.15) is 0 Å². The van der Waals surface area contributed by atoms with Crippen LogP contribution in [0.1, 0.15) is 124 Å². The van der Waals surface area contributed by atoms with Crippen LogP contribution in [0.5, 0.6) is 0 Å². The first kappa shape index (κ1) is 30.1. The van der Waals surface area contributed by atoms with Gasteiger partial charge in [-0.25, -0.2) is 0 Å². The molecule has 2 saturated carbocycles. The number of hydrogen-bond acceptors (Lipinski definition) is 4. The van der Waals surface area contributed by atoms with Crippen LogP contribution in [0, 0.1) is 0 Å². The second-order valence-corrected chi connectivity index (χ2v) is 11.8. The molecule has 5 rings (SSSR count). The highest BCUT2D eigenvalue weighted by molar-refractivity contribution is 6.32. The predicted molar refractivity (Wildman–Crippen MR) is 168 cm³/mol. The lowest BCUT2D eigenvalue weighted by Gasteiger charge is -2.22. The molecule has 0 saturated heterocycles. The number of hydrogen-bond donors (Lipinski definition) is 2. The van der Waals surface area contributed by atoms with Crippen LogP contribution in [0.15, 0.2) is 78.9 Å². The molecule has 0 atom stereocenters. The largest absolute Gasteiger partial charge is 0.481 e. The number of rotatable bonds is 11. The Morgan fingerprint density at radius 2 is 1.09 bits per heavy atom. The van der Waals surface area contributed by atoms with Crippen molar-refractivity contribution in [1.82, 2.24) is 5.32 Å². The first-order valence-electron chi connectivity index (χ1n) is 15.5. The van der Waals surface area contributed by atoms with Gasteiger partial charge in [0.25, 0.3) is 5.91 Å². The number of carboxylic acid groups (broad SMARTS) is 1. The van der Waals surface area contributed by atoms with E-state index >= 15 is 0 Å². The zero-order valence-electron chi connectivity index (χ0n) is 24.5. The summed E-state index contributed by atoms with van der Waals surface area (Å²) in [6, 6.07) is 22.1. The van der Waals surface area contributed by atoms with Crippen LogP contribution in [0.25, 0.3) is 5.57 Å². The lowest BCUT2D eigenvalue weighted by Crippen LogP contribution is -2.26. The Balaban J connectivity index is 1.40. The SMILES string of the molecule is O=C(O)CCNC(=O)c1ccc(C(=O)/C(=C/C(=O)c2ccc(C3CCCC3)cc2)c2ccc(C3CCCCC3)cc2)cc1. The summed E-state index contributed by atoms with van der Waals surface area (Å²) >= 11 is 0. The summed E-state index contributed by atoms with van der Waals surface area (Å²) < 4.78 is 0. The molecule has 3 aromatic rings. The number of Topliss-reactive ketones (excluding diaryl/α,β-unsaturated/α-hetero) is 1. The average molecular weight is 578 g/mol. The van der Waals surface area contributed by atoms with Crippen molar-refractivity contribution in [3.8, 4) is 0 Å². The van der Waals surface area contributed by atoms with Crippen LogP contribution in [0.2, 0.25) is 0 Å². The number of benzene rings is 3. The Hall–Kier alpha value is -4.32. The topological polar surface area (TPSA) is 101 Å². The van der Waals surface area contributed by atoms with E-state index in [1.807, 2.05) is 36.4 Å². The van der Waals surface area contributed by atoms with Gasteiger partial charge in [-0.2, -0.15) is 0 Å². The number of aliphatic carboxylic acids is 1. The molecule has 6 heteroatoms. The maximum atomic E-state index is 13.9. The predicted octanol–water partition coefficient (Wildman–Crippen LogP) is 7.75. The molecule has 2 N–H and O–H groups in total. The molecule has 43 heavy (non-hydrogen) atoms. The quantitative estimate of drug-likeness (QED) is 0.179. The zero-order valence-corrected chi connectivity index (χ0v) is 24.5. The van der Waals surface area contributed by atoms with Crippen molar-refractivity contribution < 1.29 is 24.3 Å². The van der Waals surface area contributed by atoms with Crippen molar-refractivity contribution in [1.29, 1.82) is 0 Å². The molecule has 0 heterocycles. The Morgan fingerprint density at radius 3 is 1.63 bits per heavy atom. The second kappa shape index (κ2) is 14.2. The second-order valence-electron chi connectivity index (χ2n) is 11.8. The molecule has 0 aromatic heterocycles. The van der Waals surface area contributed by atoms with Crippen LogP contribution in [0.4, 0.5) is 0 Å². The van der Waals surface area contributed by atoms with Gasteiger partial charge in [-0.15, -0.1) is 0 Å². The summed E-state index contributed by atoms with van der Waals surface area (Å²) in [4.78, 5) is 50.5. The zero-order chi connectivity index (χ0) is 30.2. The monoisotopic (exact) mass is 577 g/mol. The van der Waals surface area contributed by atoms with Crippen LogP contribution in [-0.4, -0.2) is 35.1 Å².